The summed E-state index contributed by atoms with van der Waals surface area (Å²) in [4.78, 5) is 0.410. The largest absolute Gasteiger partial charge is 0.243 e. The Bertz CT molecular complexity index is 928. The van der Waals surface area contributed by atoms with Crippen molar-refractivity contribution in [3.8, 4) is 6.07 Å². The highest BCUT2D eigenvalue weighted by Crippen LogP contribution is 2.37. The summed E-state index contributed by atoms with van der Waals surface area (Å²) in [6, 6.07) is 16.0. The van der Waals surface area contributed by atoms with Crippen LogP contribution in [0.3, 0.4) is 0 Å². The van der Waals surface area contributed by atoms with Gasteiger partial charge in [-0.05, 0) is 50.3 Å². The van der Waals surface area contributed by atoms with Gasteiger partial charge in [0.15, 0.2) is 0 Å². The smallest absolute Gasteiger partial charge is 0.207 e. The van der Waals surface area contributed by atoms with E-state index in [0.29, 0.717) is 30.8 Å². The van der Waals surface area contributed by atoms with Crippen LogP contribution in [-0.4, -0.2) is 25.8 Å². The Morgan fingerprint density at radius 1 is 1.00 bits per heavy atom. The number of nitrogens with zero attached hydrogens (tertiary/aromatic N) is 2. The van der Waals surface area contributed by atoms with E-state index >= 15 is 0 Å². The third-order valence-corrected chi connectivity index (χ3v) is 7.52. The van der Waals surface area contributed by atoms with Crippen LogP contribution in [0.4, 0.5) is 0 Å². The zero-order valence-corrected chi connectivity index (χ0v) is 16.3. The number of piperidine rings is 1. The van der Waals surface area contributed by atoms with Gasteiger partial charge in [-0.3, -0.25) is 0 Å². The highest BCUT2D eigenvalue weighted by Gasteiger charge is 2.40. The van der Waals surface area contributed by atoms with E-state index in [1.165, 1.54) is 4.31 Å². The standard InChI is InChI=1S/C21H24N2O2S/c1-16-13-17(2)20(18(3)14-16)26(24,25)23-11-9-21(15-22,10-12-23)19-7-5-4-6-8-19/h4-8,13-14H,9-12H2,1-3H3. The molecular formula is C21H24N2O2S. The molecule has 0 aliphatic carbocycles. The van der Waals surface area contributed by atoms with Crippen molar-refractivity contribution in [3.63, 3.8) is 0 Å². The maximum atomic E-state index is 13.2. The van der Waals surface area contributed by atoms with Crippen LogP contribution in [0.15, 0.2) is 47.4 Å². The lowest BCUT2D eigenvalue weighted by molar-refractivity contribution is 0.277. The molecule has 1 fully saturated rings. The molecule has 26 heavy (non-hydrogen) atoms. The van der Waals surface area contributed by atoms with Gasteiger partial charge < -0.3 is 0 Å². The van der Waals surface area contributed by atoms with Crippen molar-refractivity contribution in [1.29, 1.82) is 5.26 Å². The highest BCUT2D eigenvalue weighted by atomic mass is 32.2. The zero-order valence-electron chi connectivity index (χ0n) is 15.5. The van der Waals surface area contributed by atoms with Crippen molar-refractivity contribution in [2.24, 2.45) is 0 Å². The van der Waals surface area contributed by atoms with Crippen LogP contribution in [0.5, 0.6) is 0 Å². The molecular weight excluding hydrogens is 344 g/mol. The fraction of sp³-hybridized carbons (Fsp3) is 0.381. The van der Waals surface area contributed by atoms with Crippen LogP contribution in [0, 0.1) is 32.1 Å². The van der Waals surface area contributed by atoms with E-state index < -0.39 is 15.4 Å². The summed E-state index contributed by atoms with van der Waals surface area (Å²) in [5.41, 5.74) is 2.99. The van der Waals surface area contributed by atoms with E-state index in [0.717, 1.165) is 22.3 Å². The van der Waals surface area contributed by atoms with Gasteiger partial charge in [-0.1, -0.05) is 48.0 Å². The first-order valence-electron chi connectivity index (χ1n) is 8.85. The Hall–Kier alpha value is -2.16. The summed E-state index contributed by atoms with van der Waals surface area (Å²) < 4.78 is 28.0. The fourth-order valence-electron chi connectivity index (χ4n) is 4.03. The molecule has 1 saturated heterocycles. The highest BCUT2D eigenvalue weighted by molar-refractivity contribution is 7.89. The van der Waals surface area contributed by atoms with Crippen molar-refractivity contribution in [2.75, 3.05) is 13.1 Å². The zero-order chi connectivity index (χ0) is 18.9. The number of hydrogen-bond acceptors (Lipinski definition) is 3. The minimum Gasteiger partial charge on any atom is -0.207 e. The molecule has 5 heteroatoms. The summed E-state index contributed by atoms with van der Waals surface area (Å²) >= 11 is 0. The molecule has 1 heterocycles. The average Bonchev–Trinajstić information content (AvgIpc) is 2.61. The molecule has 0 saturated carbocycles. The first-order chi connectivity index (χ1) is 12.3. The van der Waals surface area contributed by atoms with E-state index in [1.807, 2.05) is 63.2 Å². The van der Waals surface area contributed by atoms with Gasteiger partial charge in [-0.15, -0.1) is 0 Å². The molecule has 2 aromatic rings. The van der Waals surface area contributed by atoms with Crippen LogP contribution in [-0.2, 0) is 15.4 Å². The Morgan fingerprint density at radius 3 is 2.04 bits per heavy atom. The number of hydrogen-bond donors (Lipinski definition) is 0. The number of nitriles is 1. The predicted octanol–water partition coefficient (Wildman–Crippen LogP) is 3.86. The Balaban J connectivity index is 1.89. The van der Waals surface area contributed by atoms with Gasteiger partial charge in [-0.25, -0.2) is 8.42 Å². The van der Waals surface area contributed by atoms with E-state index in [1.54, 1.807) is 0 Å². The van der Waals surface area contributed by atoms with Crippen molar-refractivity contribution < 1.29 is 8.42 Å². The SMILES string of the molecule is Cc1cc(C)c(S(=O)(=O)N2CCC(C#N)(c3ccccc3)CC2)c(C)c1. The lowest BCUT2D eigenvalue weighted by Gasteiger charge is -2.37. The summed E-state index contributed by atoms with van der Waals surface area (Å²) in [5.74, 6) is 0. The molecule has 0 radical (unpaired) electrons. The van der Waals surface area contributed by atoms with Crippen LogP contribution in [0.25, 0.3) is 0 Å². The molecule has 0 atom stereocenters. The topological polar surface area (TPSA) is 61.2 Å². The van der Waals surface area contributed by atoms with Crippen molar-refractivity contribution in [3.05, 3.63) is 64.7 Å². The van der Waals surface area contributed by atoms with Crippen LogP contribution in [0.1, 0.15) is 35.1 Å². The molecule has 3 rings (SSSR count). The van der Waals surface area contributed by atoms with E-state index in [4.69, 9.17) is 0 Å². The molecule has 0 N–H and O–H groups in total. The molecule has 0 aromatic heterocycles. The van der Waals surface area contributed by atoms with Crippen molar-refractivity contribution >= 4 is 10.0 Å². The number of aryl methyl sites for hydroxylation is 3. The van der Waals surface area contributed by atoms with Gasteiger partial charge in [0.1, 0.15) is 0 Å². The van der Waals surface area contributed by atoms with Gasteiger partial charge in [0, 0.05) is 13.1 Å². The molecule has 1 aliphatic heterocycles. The molecule has 0 spiro atoms. The molecule has 0 unspecified atom stereocenters. The monoisotopic (exact) mass is 368 g/mol. The lowest BCUT2D eigenvalue weighted by Crippen LogP contribution is -2.44. The van der Waals surface area contributed by atoms with Crippen LogP contribution < -0.4 is 0 Å². The minimum absolute atomic E-state index is 0.359. The summed E-state index contributed by atoms with van der Waals surface area (Å²) in [5, 5.41) is 9.80. The third-order valence-electron chi connectivity index (χ3n) is 5.32. The summed E-state index contributed by atoms with van der Waals surface area (Å²) in [6.07, 6.45) is 1.02. The second-order valence-corrected chi connectivity index (χ2v) is 9.07. The van der Waals surface area contributed by atoms with E-state index in [2.05, 4.69) is 6.07 Å². The number of benzene rings is 2. The van der Waals surface area contributed by atoms with Crippen molar-refractivity contribution in [1.82, 2.24) is 4.31 Å². The third kappa shape index (κ3) is 3.15. The maximum absolute atomic E-state index is 13.2. The van der Waals surface area contributed by atoms with Gasteiger partial charge in [-0.2, -0.15) is 9.57 Å². The van der Waals surface area contributed by atoms with E-state index in [-0.39, 0.29) is 0 Å². The van der Waals surface area contributed by atoms with Crippen LogP contribution in [0.2, 0.25) is 0 Å². The molecule has 0 bridgehead atoms. The maximum Gasteiger partial charge on any atom is 0.243 e. The second-order valence-electron chi connectivity index (χ2n) is 7.19. The first-order valence-corrected chi connectivity index (χ1v) is 10.3. The fourth-order valence-corrected chi connectivity index (χ4v) is 5.89. The molecule has 2 aromatic carbocycles. The first kappa shape index (κ1) is 18.6. The normalized spacial score (nSPS) is 17.6. The summed E-state index contributed by atoms with van der Waals surface area (Å²) in [7, 11) is -3.56. The van der Waals surface area contributed by atoms with E-state index in [9.17, 15) is 13.7 Å². The molecule has 1 aliphatic rings. The molecule has 0 amide bonds. The summed E-state index contributed by atoms with van der Waals surface area (Å²) in [6.45, 7) is 6.38. The number of rotatable bonds is 3. The van der Waals surface area contributed by atoms with Crippen molar-refractivity contribution in [2.45, 2.75) is 43.9 Å². The Labute approximate surface area is 156 Å². The molecule has 136 valence electrons. The minimum atomic E-state index is -3.56. The van der Waals surface area contributed by atoms with Gasteiger partial charge in [0.2, 0.25) is 10.0 Å². The second kappa shape index (κ2) is 6.86. The lowest BCUT2D eigenvalue weighted by atomic mass is 9.74. The predicted molar refractivity (Wildman–Crippen MR) is 102 cm³/mol. The quantitative estimate of drug-likeness (QED) is 0.826. The van der Waals surface area contributed by atoms with Gasteiger partial charge in [0.05, 0.1) is 16.4 Å². The Morgan fingerprint density at radius 2 is 1.54 bits per heavy atom. The van der Waals surface area contributed by atoms with Gasteiger partial charge in [0.25, 0.3) is 0 Å². The van der Waals surface area contributed by atoms with Gasteiger partial charge >= 0.3 is 0 Å². The Kier molecular flexibility index (Phi) is 4.92. The average molecular weight is 369 g/mol. The number of sulfonamides is 1. The molecule has 4 nitrogen and oxygen atoms in total. The van der Waals surface area contributed by atoms with Crippen LogP contribution >= 0.6 is 0 Å².